The molecule has 5 nitrogen and oxygen atoms in total. The zero-order valence-electron chi connectivity index (χ0n) is 11.8. The lowest BCUT2D eigenvalue weighted by molar-refractivity contribution is -0.142. The van der Waals surface area contributed by atoms with Gasteiger partial charge in [-0.15, -0.1) is 0 Å². The van der Waals surface area contributed by atoms with Crippen LogP contribution in [0.15, 0.2) is 18.2 Å². The monoisotopic (exact) mass is 276 g/mol. The Bertz CT molecular complexity index is 542. The quantitative estimate of drug-likeness (QED) is 0.870. The molecule has 0 bridgehead atoms. The third-order valence-corrected chi connectivity index (χ3v) is 4.20. The molecule has 1 fully saturated rings. The van der Waals surface area contributed by atoms with Gasteiger partial charge in [0, 0.05) is 18.2 Å². The zero-order chi connectivity index (χ0) is 14.9. The first kappa shape index (κ1) is 14.5. The topological polar surface area (TPSA) is 83.6 Å². The van der Waals surface area contributed by atoms with Crippen molar-refractivity contribution >= 4 is 11.9 Å². The van der Waals surface area contributed by atoms with E-state index in [1.807, 2.05) is 19.9 Å². The van der Waals surface area contributed by atoms with Gasteiger partial charge in [0.15, 0.2) is 0 Å². The molecular formula is C15H20N2O3. The number of aliphatic carboxylic acids is 1. The first-order chi connectivity index (χ1) is 9.40. The van der Waals surface area contributed by atoms with E-state index in [4.69, 9.17) is 10.8 Å². The Balaban J connectivity index is 2.11. The van der Waals surface area contributed by atoms with Gasteiger partial charge in [-0.25, -0.2) is 0 Å². The van der Waals surface area contributed by atoms with Crippen LogP contribution in [0.5, 0.6) is 0 Å². The highest BCUT2D eigenvalue weighted by atomic mass is 16.4. The van der Waals surface area contributed by atoms with Crippen molar-refractivity contribution in [3.63, 3.8) is 0 Å². The minimum absolute atomic E-state index is 0.0303. The molecule has 2 atom stereocenters. The lowest BCUT2D eigenvalue weighted by Crippen LogP contribution is -2.32. The van der Waals surface area contributed by atoms with Gasteiger partial charge in [-0.05, 0) is 50.1 Å². The van der Waals surface area contributed by atoms with Gasteiger partial charge in [0.1, 0.15) is 0 Å². The van der Waals surface area contributed by atoms with Crippen molar-refractivity contribution in [1.82, 2.24) is 4.90 Å². The number of carbonyl (C=O) groups is 2. The van der Waals surface area contributed by atoms with E-state index in [0.717, 1.165) is 17.7 Å². The second-order valence-corrected chi connectivity index (χ2v) is 5.45. The molecule has 20 heavy (non-hydrogen) atoms. The van der Waals surface area contributed by atoms with Crippen LogP contribution in [0, 0.1) is 12.8 Å². The maximum atomic E-state index is 11.1. The first-order valence-corrected chi connectivity index (χ1v) is 6.76. The highest BCUT2D eigenvalue weighted by Gasteiger charge is 2.35. The largest absolute Gasteiger partial charge is 0.481 e. The Hall–Kier alpha value is -1.88. The molecule has 3 N–H and O–H groups in total. The van der Waals surface area contributed by atoms with Crippen molar-refractivity contribution in [2.75, 3.05) is 6.54 Å². The van der Waals surface area contributed by atoms with E-state index in [2.05, 4.69) is 4.90 Å². The molecule has 108 valence electrons. The maximum Gasteiger partial charge on any atom is 0.308 e. The van der Waals surface area contributed by atoms with Gasteiger partial charge in [-0.2, -0.15) is 0 Å². The third kappa shape index (κ3) is 2.82. The fourth-order valence-electron chi connectivity index (χ4n) is 2.80. The molecule has 1 aromatic rings. The van der Waals surface area contributed by atoms with E-state index >= 15 is 0 Å². The van der Waals surface area contributed by atoms with Crippen molar-refractivity contribution in [2.24, 2.45) is 11.7 Å². The molecule has 2 unspecified atom stereocenters. The highest BCUT2D eigenvalue weighted by Crippen LogP contribution is 2.26. The van der Waals surface area contributed by atoms with Crippen LogP contribution >= 0.6 is 0 Å². The minimum Gasteiger partial charge on any atom is -0.481 e. The van der Waals surface area contributed by atoms with Crippen LogP contribution in [0.3, 0.4) is 0 Å². The van der Waals surface area contributed by atoms with E-state index in [9.17, 15) is 9.59 Å². The molecule has 2 rings (SSSR count). The Kier molecular flexibility index (Phi) is 4.09. The number of likely N-dealkylation sites (tertiary alicyclic amines) is 1. The van der Waals surface area contributed by atoms with Gasteiger partial charge in [0.25, 0.3) is 0 Å². The summed E-state index contributed by atoms with van der Waals surface area (Å²) in [5.74, 6) is -1.44. The minimum atomic E-state index is -0.721. The van der Waals surface area contributed by atoms with Crippen LogP contribution in [-0.4, -0.2) is 34.5 Å². The number of carboxylic acids is 1. The van der Waals surface area contributed by atoms with Crippen molar-refractivity contribution in [1.29, 1.82) is 0 Å². The summed E-state index contributed by atoms with van der Waals surface area (Å²) >= 11 is 0. The summed E-state index contributed by atoms with van der Waals surface area (Å²) in [4.78, 5) is 24.4. The van der Waals surface area contributed by atoms with Crippen LogP contribution in [0.1, 0.15) is 34.8 Å². The van der Waals surface area contributed by atoms with Gasteiger partial charge < -0.3 is 10.8 Å². The molecule has 0 aromatic heterocycles. The SMILES string of the molecule is Cc1cc(C(N)=O)ccc1CN1CCC(C(=O)O)C1C. The molecule has 1 amide bonds. The van der Waals surface area contributed by atoms with Crippen LogP contribution < -0.4 is 5.73 Å². The summed E-state index contributed by atoms with van der Waals surface area (Å²) in [7, 11) is 0. The molecule has 1 saturated heterocycles. The van der Waals surface area contributed by atoms with Crippen molar-refractivity contribution < 1.29 is 14.7 Å². The fraction of sp³-hybridized carbons (Fsp3) is 0.467. The normalized spacial score (nSPS) is 22.9. The van der Waals surface area contributed by atoms with E-state index in [0.29, 0.717) is 18.5 Å². The van der Waals surface area contributed by atoms with E-state index in [-0.39, 0.29) is 12.0 Å². The van der Waals surface area contributed by atoms with Crippen molar-refractivity contribution in [3.05, 3.63) is 34.9 Å². The number of hydrogen-bond acceptors (Lipinski definition) is 3. The first-order valence-electron chi connectivity index (χ1n) is 6.76. The summed E-state index contributed by atoms with van der Waals surface area (Å²) < 4.78 is 0. The number of aryl methyl sites for hydroxylation is 1. The van der Waals surface area contributed by atoms with Crippen LogP contribution in [0.4, 0.5) is 0 Å². The van der Waals surface area contributed by atoms with Crippen LogP contribution in [-0.2, 0) is 11.3 Å². The molecule has 0 saturated carbocycles. The average Bonchev–Trinajstić information content (AvgIpc) is 2.73. The Labute approximate surface area is 118 Å². The number of rotatable bonds is 4. The van der Waals surface area contributed by atoms with E-state index < -0.39 is 11.9 Å². The summed E-state index contributed by atoms with van der Waals surface area (Å²) in [5.41, 5.74) is 7.87. The number of amides is 1. The van der Waals surface area contributed by atoms with Gasteiger partial charge in [0.2, 0.25) is 5.91 Å². The van der Waals surface area contributed by atoms with Gasteiger partial charge >= 0.3 is 5.97 Å². The number of carboxylic acid groups (broad SMARTS) is 1. The smallest absolute Gasteiger partial charge is 0.308 e. The molecule has 0 spiro atoms. The summed E-state index contributed by atoms with van der Waals surface area (Å²) in [6.45, 7) is 5.39. The Morgan fingerprint density at radius 1 is 1.45 bits per heavy atom. The number of carbonyl (C=O) groups excluding carboxylic acids is 1. The maximum absolute atomic E-state index is 11.1. The standard InChI is InChI=1S/C15H20N2O3/c1-9-7-11(14(16)18)3-4-12(9)8-17-6-5-13(10(17)2)15(19)20/h3-4,7,10,13H,5-6,8H2,1-2H3,(H2,16,18)(H,19,20). The van der Waals surface area contributed by atoms with Crippen LogP contribution in [0.25, 0.3) is 0 Å². The summed E-state index contributed by atoms with van der Waals surface area (Å²) in [6, 6.07) is 5.44. The van der Waals surface area contributed by atoms with Crippen LogP contribution in [0.2, 0.25) is 0 Å². The second-order valence-electron chi connectivity index (χ2n) is 5.45. The molecular weight excluding hydrogens is 256 g/mol. The molecule has 1 heterocycles. The van der Waals surface area contributed by atoms with Gasteiger partial charge in [-0.1, -0.05) is 6.07 Å². The van der Waals surface area contributed by atoms with E-state index in [1.54, 1.807) is 12.1 Å². The van der Waals surface area contributed by atoms with Gasteiger partial charge in [0.05, 0.1) is 5.92 Å². The number of benzene rings is 1. The number of hydrogen-bond donors (Lipinski definition) is 2. The predicted octanol–water partition coefficient (Wildman–Crippen LogP) is 1.39. The molecule has 1 aliphatic rings. The molecule has 0 radical (unpaired) electrons. The average molecular weight is 276 g/mol. The summed E-state index contributed by atoms with van der Waals surface area (Å²) in [6.07, 6.45) is 0.689. The number of primary amides is 1. The molecule has 5 heteroatoms. The lowest BCUT2D eigenvalue weighted by atomic mass is 10.0. The number of nitrogens with two attached hydrogens (primary N) is 1. The summed E-state index contributed by atoms with van der Waals surface area (Å²) in [5, 5.41) is 9.14. The lowest BCUT2D eigenvalue weighted by Gasteiger charge is -2.24. The van der Waals surface area contributed by atoms with Crippen molar-refractivity contribution in [3.8, 4) is 0 Å². The zero-order valence-corrected chi connectivity index (χ0v) is 11.8. The molecule has 0 aliphatic carbocycles. The third-order valence-electron chi connectivity index (χ3n) is 4.20. The molecule has 1 aliphatic heterocycles. The highest BCUT2D eigenvalue weighted by molar-refractivity contribution is 5.93. The second kappa shape index (κ2) is 5.63. The molecule has 1 aromatic carbocycles. The van der Waals surface area contributed by atoms with Gasteiger partial charge in [-0.3, -0.25) is 14.5 Å². The Morgan fingerprint density at radius 2 is 2.15 bits per heavy atom. The Morgan fingerprint density at radius 3 is 2.65 bits per heavy atom. The number of nitrogens with zero attached hydrogens (tertiary/aromatic N) is 1. The predicted molar refractivity (Wildman–Crippen MR) is 75.3 cm³/mol. The fourth-order valence-corrected chi connectivity index (χ4v) is 2.80. The van der Waals surface area contributed by atoms with E-state index in [1.165, 1.54) is 0 Å². The van der Waals surface area contributed by atoms with Crippen molar-refractivity contribution in [2.45, 2.75) is 32.9 Å².